The summed E-state index contributed by atoms with van der Waals surface area (Å²) in [4.78, 5) is 22.2. The van der Waals surface area contributed by atoms with Gasteiger partial charge in [-0.1, -0.05) is 35.5 Å². The van der Waals surface area contributed by atoms with Crippen molar-refractivity contribution in [3.05, 3.63) is 66.1 Å². The first-order valence-corrected chi connectivity index (χ1v) is 10.6. The molecule has 5 rings (SSSR count). The number of hydrogen-bond acceptors (Lipinski definition) is 6. The third-order valence-corrected chi connectivity index (χ3v) is 5.63. The van der Waals surface area contributed by atoms with Gasteiger partial charge in [-0.15, -0.1) is 0 Å². The highest BCUT2D eigenvalue weighted by Gasteiger charge is 2.33. The molecule has 3 heterocycles. The topological polar surface area (TPSA) is 93.5 Å². The summed E-state index contributed by atoms with van der Waals surface area (Å²) >= 11 is 0. The molecule has 0 radical (unpaired) electrons. The third-order valence-electron chi connectivity index (χ3n) is 5.63. The van der Waals surface area contributed by atoms with E-state index in [4.69, 9.17) is 14.0 Å². The zero-order valence-electron chi connectivity index (χ0n) is 17.8. The molecule has 32 heavy (non-hydrogen) atoms. The number of carbonyl (C=O) groups is 1. The molecule has 4 aromatic rings. The summed E-state index contributed by atoms with van der Waals surface area (Å²) in [5.74, 6) is 1.78. The number of amides is 1. The van der Waals surface area contributed by atoms with Crippen molar-refractivity contribution in [2.45, 2.75) is 18.9 Å². The second-order valence-corrected chi connectivity index (χ2v) is 7.83. The van der Waals surface area contributed by atoms with Crippen LogP contribution in [-0.2, 0) is 22.4 Å². The Balaban J connectivity index is 1.20. The van der Waals surface area contributed by atoms with Crippen LogP contribution in [0, 0.1) is 0 Å². The largest absolute Gasteiger partial charge is 0.486 e. The highest BCUT2D eigenvalue weighted by Crippen LogP contribution is 2.31. The number of rotatable bonds is 8. The monoisotopic (exact) mass is 432 g/mol. The van der Waals surface area contributed by atoms with Crippen molar-refractivity contribution in [1.82, 2.24) is 20.0 Å². The van der Waals surface area contributed by atoms with E-state index in [-0.39, 0.29) is 12.0 Å². The number of methoxy groups -OCH3 is 1. The Morgan fingerprint density at radius 3 is 2.88 bits per heavy atom. The Kier molecular flexibility index (Phi) is 5.60. The smallest absolute Gasteiger partial charge is 0.261 e. The normalized spacial score (nSPS) is 14.0. The van der Waals surface area contributed by atoms with E-state index in [1.807, 2.05) is 59.6 Å². The van der Waals surface area contributed by atoms with Gasteiger partial charge in [-0.2, -0.15) is 4.98 Å². The van der Waals surface area contributed by atoms with Crippen molar-refractivity contribution < 1.29 is 18.8 Å². The van der Waals surface area contributed by atoms with Crippen molar-refractivity contribution in [3.63, 3.8) is 0 Å². The second kappa shape index (κ2) is 8.84. The average molecular weight is 432 g/mol. The molecule has 8 heteroatoms. The number of hydrogen-bond donors (Lipinski definition) is 1. The maximum absolute atomic E-state index is 12.7. The Morgan fingerprint density at radius 1 is 1.19 bits per heavy atom. The number of nitrogens with zero attached hydrogens (tertiary/aromatic N) is 3. The van der Waals surface area contributed by atoms with Crippen LogP contribution in [0.2, 0.25) is 0 Å². The maximum Gasteiger partial charge on any atom is 0.261 e. The Labute approximate surface area is 185 Å². The van der Waals surface area contributed by atoms with Crippen LogP contribution >= 0.6 is 0 Å². The molecule has 1 saturated heterocycles. The van der Waals surface area contributed by atoms with Gasteiger partial charge in [-0.25, -0.2) is 0 Å². The minimum absolute atomic E-state index is 0.0704. The van der Waals surface area contributed by atoms with E-state index in [0.29, 0.717) is 50.0 Å². The van der Waals surface area contributed by atoms with Gasteiger partial charge in [0.2, 0.25) is 5.91 Å². The summed E-state index contributed by atoms with van der Waals surface area (Å²) in [6.45, 7) is 1.64. The quantitative estimate of drug-likeness (QED) is 0.459. The molecule has 8 nitrogen and oxygen atoms in total. The molecule has 0 unspecified atom stereocenters. The van der Waals surface area contributed by atoms with Crippen LogP contribution in [0.25, 0.3) is 22.4 Å². The molecule has 0 saturated carbocycles. The molecule has 164 valence electrons. The summed E-state index contributed by atoms with van der Waals surface area (Å²) in [7, 11) is 1.64. The van der Waals surface area contributed by atoms with Gasteiger partial charge in [0, 0.05) is 30.6 Å². The van der Waals surface area contributed by atoms with Crippen LogP contribution in [0.15, 0.2) is 59.3 Å². The summed E-state index contributed by atoms with van der Waals surface area (Å²) in [5.41, 5.74) is 2.80. The fraction of sp³-hybridized carbons (Fsp3) is 0.292. The lowest BCUT2D eigenvalue weighted by Crippen LogP contribution is -2.56. The zero-order valence-corrected chi connectivity index (χ0v) is 17.8. The summed E-state index contributed by atoms with van der Waals surface area (Å²) in [5, 5.41) is 5.09. The van der Waals surface area contributed by atoms with Crippen LogP contribution in [0.4, 0.5) is 0 Å². The van der Waals surface area contributed by atoms with Gasteiger partial charge in [-0.05, 0) is 23.8 Å². The van der Waals surface area contributed by atoms with Gasteiger partial charge in [0.1, 0.15) is 11.9 Å². The van der Waals surface area contributed by atoms with Crippen LogP contribution in [0.3, 0.4) is 0 Å². The minimum atomic E-state index is -0.0704. The lowest BCUT2D eigenvalue weighted by atomic mass is 10.1. The first-order valence-electron chi connectivity index (χ1n) is 10.6. The second-order valence-electron chi connectivity index (χ2n) is 7.83. The maximum atomic E-state index is 12.7. The summed E-state index contributed by atoms with van der Waals surface area (Å²) < 4.78 is 16.6. The van der Waals surface area contributed by atoms with Crippen LogP contribution in [0.5, 0.6) is 5.75 Å². The first kappa shape index (κ1) is 20.3. The molecular weight excluding hydrogens is 408 g/mol. The van der Waals surface area contributed by atoms with Gasteiger partial charge in [-0.3, -0.25) is 4.79 Å². The van der Waals surface area contributed by atoms with Crippen LogP contribution in [-0.4, -0.2) is 58.8 Å². The van der Waals surface area contributed by atoms with Gasteiger partial charge in [0.25, 0.3) is 5.89 Å². The van der Waals surface area contributed by atoms with E-state index < -0.39 is 0 Å². The average Bonchev–Trinajstić information content (AvgIpc) is 3.42. The molecule has 2 aromatic heterocycles. The number of ether oxygens (including phenoxy) is 2. The summed E-state index contributed by atoms with van der Waals surface area (Å²) in [6.07, 6.45) is 2.80. The van der Waals surface area contributed by atoms with Crippen molar-refractivity contribution >= 4 is 16.8 Å². The van der Waals surface area contributed by atoms with E-state index in [1.54, 1.807) is 7.11 Å². The van der Waals surface area contributed by atoms with Crippen LogP contribution in [0.1, 0.15) is 11.4 Å². The number of para-hydroxylation sites is 2. The van der Waals surface area contributed by atoms with Gasteiger partial charge in [0.15, 0.2) is 5.82 Å². The fourth-order valence-corrected chi connectivity index (χ4v) is 3.85. The standard InChI is InChI=1S/C24H24N4O4/c1-30-11-10-22-26-24(32-27-22)19-7-3-5-9-21(19)31-17-14-28(15-17)23(29)12-16-13-25-20-8-4-2-6-18(16)20/h2-9,13,17,25H,10-12,14-15H2,1H3. The molecule has 0 atom stereocenters. The van der Waals surface area contributed by atoms with Gasteiger partial charge in [0.05, 0.1) is 31.7 Å². The SMILES string of the molecule is COCCc1noc(-c2ccccc2OC2CN(C(=O)Cc3c[nH]c4ccccc34)C2)n1. The number of H-pyrrole nitrogens is 1. The molecule has 0 aliphatic carbocycles. The Morgan fingerprint density at radius 2 is 2.00 bits per heavy atom. The van der Waals surface area contributed by atoms with E-state index in [9.17, 15) is 4.79 Å². The number of nitrogens with one attached hydrogen (secondary N) is 1. The van der Waals surface area contributed by atoms with Crippen molar-refractivity contribution in [1.29, 1.82) is 0 Å². The number of carbonyl (C=O) groups excluding carboxylic acids is 1. The van der Waals surface area contributed by atoms with E-state index in [1.165, 1.54) is 0 Å². The number of aromatic nitrogens is 3. The molecule has 2 aromatic carbocycles. The molecule has 1 aliphatic rings. The Bertz CT molecular complexity index is 1230. The number of fused-ring (bicyclic) bond motifs is 1. The Hall–Kier alpha value is -3.65. The zero-order chi connectivity index (χ0) is 21.9. The van der Waals surface area contributed by atoms with Crippen molar-refractivity contribution in [2.24, 2.45) is 0 Å². The molecular formula is C24H24N4O4. The van der Waals surface area contributed by atoms with Gasteiger partial charge < -0.3 is 23.9 Å². The molecule has 0 bridgehead atoms. The predicted octanol–water partition coefficient (Wildman–Crippen LogP) is 3.24. The molecule has 0 spiro atoms. The van der Waals surface area contributed by atoms with E-state index >= 15 is 0 Å². The lowest BCUT2D eigenvalue weighted by molar-refractivity contribution is -0.139. The molecule has 1 amide bonds. The van der Waals surface area contributed by atoms with Gasteiger partial charge >= 0.3 is 0 Å². The molecule has 1 N–H and O–H groups in total. The van der Waals surface area contributed by atoms with Crippen molar-refractivity contribution in [2.75, 3.05) is 26.8 Å². The minimum Gasteiger partial charge on any atom is -0.486 e. The summed E-state index contributed by atoms with van der Waals surface area (Å²) in [6, 6.07) is 15.6. The lowest BCUT2D eigenvalue weighted by Gasteiger charge is -2.39. The van der Waals surface area contributed by atoms with E-state index in [0.717, 1.165) is 22.0 Å². The highest BCUT2D eigenvalue weighted by molar-refractivity contribution is 5.89. The van der Waals surface area contributed by atoms with E-state index in [2.05, 4.69) is 15.1 Å². The molecule has 1 fully saturated rings. The predicted molar refractivity (Wildman–Crippen MR) is 118 cm³/mol. The first-order chi connectivity index (χ1) is 15.7. The number of likely N-dealkylation sites (tertiary alicyclic amines) is 1. The number of benzene rings is 2. The third kappa shape index (κ3) is 4.09. The van der Waals surface area contributed by atoms with Crippen molar-refractivity contribution in [3.8, 4) is 17.2 Å². The molecule has 1 aliphatic heterocycles. The fourth-order valence-electron chi connectivity index (χ4n) is 3.85. The number of aromatic amines is 1. The van der Waals surface area contributed by atoms with Crippen LogP contribution < -0.4 is 4.74 Å². The highest BCUT2D eigenvalue weighted by atomic mass is 16.5.